The Labute approximate surface area is 121 Å². The summed E-state index contributed by atoms with van der Waals surface area (Å²) in [7, 11) is 0. The number of alkyl halides is 3. The molecule has 1 heterocycles. The van der Waals surface area contributed by atoms with E-state index >= 15 is 0 Å². The molecule has 0 fully saturated rings. The second kappa shape index (κ2) is 5.92. The molecule has 2 aromatic rings. The van der Waals surface area contributed by atoms with Crippen molar-refractivity contribution in [2.75, 3.05) is 12.3 Å². The SMILES string of the molecule is O=C(CSc1nc2ccc(Cl)cc2[nH]1)NCC(F)(F)F. The minimum absolute atomic E-state index is 0.149. The fourth-order valence-electron chi connectivity index (χ4n) is 1.41. The Kier molecular flexibility index (Phi) is 4.44. The summed E-state index contributed by atoms with van der Waals surface area (Å²) in [5.41, 5.74) is 1.38. The lowest BCUT2D eigenvalue weighted by Crippen LogP contribution is -2.34. The van der Waals surface area contributed by atoms with E-state index in [4.69, 9.17) is 11.6 Å². The van der Waals surface area contributed by atoms with E-state index in [9.17, 15) is 18.0 Å². The number of fused-ring (bicyclic) bond motifs is 1. The summed E-state index contributed by atoms with van der Waals surface area (Å²) in [5.74, 6) is -0.852. The molecule has 0 bridgehead atoms. The predicted molar refractivity (Wildman–Crippen MR) is 70.9 cm³/mol. The van der Waals surface area contributed by atoms with Crippen LogP contribution in [0.3, 0.4) is 0 Å². The van der Waals surface area contributed by atoms with E-state index < -0.39 is 18.6 Å². The fourth-order valence-corrected chi connectivity index (χ4v) is 2.30. The Balaban J connectivity index is 1.91. The molecule has 0 atom stereocenters. The third-order valence-corrected chi connectivity index (χ3v) is 3.36. The molecule has 0 saturated heterocycles. The van der Waals surface area contributed by atoms with Crippen LogP contribution < -0.4 is 5.32 Å². The van der Waals surface area contributed by atoms with Crippen molar-refractivity contribution in [3.05, 3.63) is 23.2 Å². The van der Waals surface area contributed by atoms with Crippen molar-refractivity contribution >= 4 is 40.3 Å². The van der Waals surface area contributed by atoms with Crippen molar-refractivity contribution in [1.29, 1.82) is 0 Å². The smallest absolute Gasteiger partial charge is 0.346 e. The largest absolute Gasteiger partial charge is 0.405 e. The highest BCUT2D eigenvalue weighted by molar-refractivity contribution is 7.99. The normalized spacial score (nSPS) is 11.8. The number of carbonyl (C=O) groups excluding carboxylic acids is 1. The summed E-state index contributed by atoms with van der Waals surface area (Å²) in [4.78, 5) is 18.3. The highest BCUT2D eigenvalue weighted by Crippen LogP contribution is 2.22. The topological polar surface area (TPSA) is 57.8 Å². The highest BCUT2D eigenvalue weighted by atomic mass is 35.5. The van der Waals surface area contributed by atoms with Crippen LogP contribution in [0.4, 0.5) is 13.2 Å². The number of aromatic nitrogens is 2. The average Bonchev–Trinajstić information content (AvgIpc) is 2.75. The summed E-state index contributed by atoms with van der Waals surface area (Å²) in [5, 5.41) is 2.78. The van der Waals surface area contributed by atoms with Gasteiger partial charge in [-0.3, -0.25) is 4.79 Å². The van der Waals surface area contributed by atoms with Gasteiger partial charge in [0.2, 0.25) is 5.91 Å². The van der Waals surface area contributed by atoms with Crippen molar-refractivity contribution in [2.24, 2.45) is 0 Å². The molecule has 0 radical (unpaired) electrons. The van der Waals surface area contributed by atoms with Gasteiger partial charge in [-0.15, -0.1) is 0 Å². The van der Waals surface area contributed by atoms with Crippen molar-refractivity contribution in [2.45, 2.75) is 11.3 Å². The van der Waals surface area contributed by atoms with Crippen LogP contribution in [0.2, 0.25) is 5.02 Å². The van der Waals surface area contributed by atoms with Gasteiger partial charge in [0.25, 0.3) is 0 Å². The number of aromatic amines is 1. The van der Waals surface area contributed by atoms with Gasteiger partial charge in [-0.1, -0.05) is 23.4 Å². The molecule has 1 amide bonds. The number of hydrogen-bond donors (Lipinski definition) is 2. The number of carbonyl (C=O) groups is 1. The Morgan fingerprint density at radius 2 is 2.20 bits per heavy atom. The summed E-state index contributed by atoms with van der Waals surface area (Å²) in [6.07, 6.45) is -4.41. The van der Waals surface area contributed by atoms with Gasteiger partial charge in [-0.25, -0.2) is 4.98 Å². The minimum Gasteiger partial charge on any atom is -0.346 e. The quantitative estimate of drug-likeness (QED) is 0.850. The molecule has 2 rings (SSSR count). The maximum absolute atomic E-state index is 11.9. The van der Waals surface area contributed by atoms with Gasteiger partial charge in [-0.05, 0) is 18.2 Å². The maximum Gasteiger partial charge on any atom is 0.405 e. The molecular formula is C11H9ClF3N3OS. The molecule has 4 nitrogen and oxygen atoms in total. The van der Waals surface area contributed by atoms with E-state index in [1.165, 1.54) is 0 Å². The number of halogens is 4. The number of rotatable bonds is 4. The van der Waals surface area contributed by atoms with Crippen LogP contribution in [0.1, 0.15) is 0 Å². The zero-order valence-corrected chi connectivity index (χ0v) is 11.5. The summed E-state index contributed by atoms with van der Waals surface area (Å²) < 4.78 is 35.7. The van der Waals surface area contributed by atoms with Crippen molar-refractivity contribution in [3.63, 3.8) is 0 Å². The number of nitrogens with one attached hydrogen (secondary N) is 2. The number of thioether (sulfide) groups is 1. The van der Waals surface area contributed by atoms with E-state index in [2.05, 4.69) is 9.97 Å². The Hall–Kier alpha value is -1.41. The van der Waals surface area contributed by atoms with Gasteiger partial charge in [0.05, 0.1) is 16.8 Å². The number of amides is 1. The van der Waals surface area contributed by atoms with E-state index in [-0.39, 0.29) is 5.75 Å². The monoisotopic (exact) mass is 323 g/mol. The van der Waals surface area contributed by atoms with Crippen molar-refractivity contribution < 1.29 is 18.0 Å². The summed E-state index contributed by atoms with van der Waals surface area (Å²) in [6.45, 7) is -1.33. The first-order chi connectivity index (χ1) is 9.33. The molecule has 9 heteroatoms. The van der Waals surface area contributed by atoms with Crippen LogP contribution in [-0.2, 0) is 4.79 Å². The number of nitrogens with zero attached hydrogens (tertiary/aromatic N) is 1. The van der Waals surface area contributed by atoms with E-state index in [1.807, 2.05) is 0 Å². The van der Waals surface area contributed by atoms with Gasteiger partial charge in [0, 0.05) is 5.02 Å². The third kappa shape index (κ3) is 4.31. The van der Waals surface area contributed by atoms with Crippen molar-refractivity contribution in [3.8, 4) is 0 Å². The summed E-state index contributed by atoms with van der Waals surface area (Å²) >= 11 is 6.84. The first-order valence-corrected chi connectivity index (χ1v) is 6.81. The van der Waals surface area contributed by atoms with E-state index in [0.29, 0.717) is 21.2 Å². The Bertz CT molecular complexity index is 629. The van der Waals surface area contributed by atoms with Gasteiger partial charge in [0.1, 0.15) is 6.54 Å². The van der Waals surface area contributed by atoms with Crippen LogP contribution in [0.25, 0.3) is 11.0 Å². The van der Waals surface area contributed by atoms with Gasteiger partial charge in [-0.2, -0.15) is 13.2 Å². The molecule has 0 aliphatic carbocycles. The van der Waals surface area contributed by atoms with Crippen LogP contribution in [-0.4, -0.2) is 34.3 Å². The number of imidazole rings is 1. The van der Waals surface area contributed by atoms with Crippen LogP contribution in [0.5, 0.6) is 0 Å². The lowest BCUT2D eigenvalue weighted by Gasteiger charge is -2.07. The maximum atomic E-state index is 11.9. The Morgan fingerprint density at radius 3 is 2.90 bits per heavy atom. The molecule has 20 heavy (non-hydrogen) atoms. The number of hydrogen-bond acceptors (Lipinski definition) is 3. The molecule has 0 aliphatic heterocycles. The van der Waals surface area contributed by atoms with Crippen molar-refractivity contribution in [1.82, 2.24) is 15.3 Å². The zero-order valence-electron chi connectivity index (χ0n) is 9.92. The van der Waals surface area contributed by atoms with Crippen LogP contribution >= 0.6 is 23.4 Å². The zero-order chi connectivity index (χ0) is 14.8. The minimum atomic E-state index is -4.41. The third-order valence-electron chi connectivity index (χ3n) is 2.25. The second-order valence-corrected chi connectivity index (χ2v) is 5.28. The lowest BCUT2D eigenvalue weighted by molar-refractivity contribution is -0.136. The molecule has 0 aliphatic rings. The molecule has 0 spiro atoms. The lowest BCUT2D eigenvalue weighted by atomic mass is 10.3. The van der Waals surface area contributed by atoms with E-state index in [0.717, 1.165) is 11.8 Å². The number of H-pyrrole nitrogens is 1. The van der Waals surface area contributed by atoms with Crippen LogP contribution in [0.15, 0.2) is 23.4 Å². The molecule has 0 saturated carbocycles. The molecule has 0 unspecified atom stereocenters. The second-order valence-electron chi connectivity index (χ2n) is 3.88. The van der Waals surface area contributed by atoms with E-state index in [1.54, 1.807) is 23.5 Å². The van der Waals surface area contributed by atoms with Gasteiger partial charge < -0.3 is 10.3 Å². The first-order valence-electron chi connectivity index (χ1n) is 5.45. The highest BCUT2D eigenvalue weighted by Gasteiger charge is 2.27. The first kappa shape index (κ1) is 15.0. The van der Waals surface area contributed by atoms with Crippen LogP contribution in [0, 0.1) is 0 Å². The predicted octanol–water partition coefficient (Wildman–Crippen LogP) is 2.99. The Morgan fingerprint density at radius 1 is 1.45 bits per heavy atom. The molecule has 2 N–H and O–H groups in total. The summed E-state index contributed by atoms with van der Waals surface area (Å²) in [6, 6.07) is 5.06. The molecule has 108 valence electrons. The van der Waals surface area contributed by atoms with Gasteiger partial charge in [0.15, 0.2) is 5.16 Å². The molecular weight excluding hydrogens is 315 g/mol. The fraction of sp³-hybridized carbons (Fsp3) is 0.273. The molecule has 1 aromatic heterocycles. The number of benzene rings is 1. The average molecular weight is 324 g/mol. The standard InChI is InChI=1S/C11H9ClF3N3OS/c12-6-1-2-7-8(3-6)18-10(17-7)20-4-9(19)16-5-11(13,14)15/h1-3H,4-5H2,(H,16,19)(H,17,18). The van der Waals surface area contributed by atoms with Gasteiger partial charge >= 0.3 is 6.18 Å². The molecule has 1 aromatic carbocycles.